The Hall–Kier alpha value is -3.14. The van der Waals surface area contributed by atoms with Crippen LogP contribution in [0.5, 0.6) is 5.75 Å². The second-order valence-electron chi connectivity index (χ2n) is 7.39. The fourth-order valence-electron chi connectivity index (χ4n) is 4.59. The average molecular weight is 371 g/mol. The zero-order chi connectivity index (χ0) is 19.3. The van der Waals surface area contributed by atoms with Crippen molar-refractivity contribution in [2.75, 3.05) is 6.61 Å². The van der Waals surface area contributed by atoms with Crippen molar-refractivity contribution in [1.29, 1.82) is 0 Å². The molecule has 140 valence electrons. The lowest BCUT2D eigenvalue weighted by Crippen LogP contribution is -2.31. The van der Waals surface area contributed by atoms with E-state index in [1.54, 1.807) is 0 Å². The smallest absolute Gasteiger partial charge is 0.192 e. The Kier molecular flexibility index (Phi) is 3.93. The molecule has 4 nitrogen and oxygen atoms in total. The summed E-state index contributed by atoms with van der Waals surface area (Å²) in [7, 11) is 0. The van der Waals surface area contributed by atoms with Crippen LogP contribution in [0.1, 0.15) is 53.6 Å². The van der Waals surface area contributed by atoms with E-state index in [0.717, 1.165) is 46.7 Å². The molecule has 0 radical (unpaired) electrons. The van der Waals surface area contributed by atoms with E-state index in [0.29, 0.717) is 24.2 Å². The number of carbonyl (C=O) groups is 2. The Balaban J connectivity index is 1.68. The first-order valence-corrected chi connectivity index (χ1v) is 9.83. The maximum absolute atomic E-state index is 13.3. The molecule has 0 spiro atoms. The van der Waals surface area contributed by atoms with E-state index in [9.17, 15) is 9.59 Å². The van der Waals surface area contributed by atoms with E-state index in [1.807, 2.05) is 55.5 Å². The van der Waals surface area contributed by atoms with Crippen molar-refractivity contribution < 1.29 is 14.3 Å². The van der Waals surface area contributed by atoms with Gasteiger partial charge in [0, 0.05) is 40.3 Å². The third-order valence-corrected chi connectivity index (χ3v) is 5.79. The van der Waals surface area contributed by atoms with Gasteiger partial charge in [0.15, 0.2) is 11.6 Å². The van der Waals surface area contributed by atoms with Crippen molar-refractivity contribution in [2.45, 2.75) is 32.1 Å². The number of ether oxygens (including phenoxy) is 1. The van der Waals surface area contributed by atoms with Crippen molar-refractivity contribution in [2.24, 2.45) is 0 Å². The minimum Gasteiger partial charge on any atom is -0.494 e. The summed E-state index contributed by atoms with van der Waals surface area (Å²) in [5.74, 6) is 0.624. The molecule has 0 saturated heterocycles. The molecule has 1 atom stereocenters. The van der Waals surface area contributed by atoms with Crippen molar-refractivity contribution in [1.82, 2.24) is 5.32 Å². The molecule has 0 bridgehead atoms. The molecule has 1 aliphatic heterocycles. The first-order valence-electron chi connectivity index (χ1n) is 9.83. The van der Waals surface area contributed by atoms with E-state index < -0.39 is 0 Å². The molecular formula is C24H21NO3. The first-order chi connectivity index (χ1) is 13.7. The highest BCUT2D eigenvalue weighted by atomic mass is 16.5. The Labute approximate surface area is 163 Å². The van der Waals surface area contributed by atoms with Gasteiger partial charge in [0.1, 0.15) is 5.75 Å². The van der Waals surface area contributed by atoms with E-state index >= 15 is 0 Å². The number of dihydropyridines is 1. The number of nitrogens with one attached hydrogen (secondary N) is 1. The predicted molar refractivity (Wildman–Crippen MR) is 107 cm³/mol. The zero-order valence-electron chi connectivity index (χ0n) is 15.7. The number of hydrogen-bond acceptors (Lipinski definition) is 4. The molecule has 2 aliphatic carbocycles. The Morgan fingerprint density at radius 1 is 0.964 bits per heavy atom. The largest absolute Gasteiger partial charge is 0.494 e. The maximum atomic E-state index is 13.3. The molecule has 1 N–H and O–H groups in total. The fourth-order valence-corrected chi connectivity index (χ4v) is 4.59. The van der Waals surface area contributed by atoms with Gasteiger partial charge in [0.05, 0.1) is 12.3 Å². The topological polar surface area (TPSA) is 55.4 Å². The highest BCUT2D eigenvalue weighted by Gasteiger charge is 2.43. The van der Waals surface area contributed by atoms with Crippen LogP contribution in [0.3, 0.4) is 0 Å². The Morgan fingerprint density at radius 3 is 2.46 bits per heavy atom. The number of rotatable bonds is 3. The van der Waals surface area contributed by atoms with Crippen LogP contribution in [0.2, 0.25) is 0 Å². The van der Waals surface area contributed by atoms with Crippen LogP contribution >= 0.6 is 0 Å². The number of Topliss-reactive ketones (excluding diaryl/α,β-unsaturated/α-hetero) is 2. The third-order valence-electron chi connectivity index (χ3n) is 5.79. The highest BCUT2D eigenvalue weighted by molar-refractivity contribution is 6.23. The molecule has 0 unspecified atom stereocenters. The summed E-state index contributed by atoms with van der Waals surface area (Å²) in [6.07, 6.45) is 2.22. The van der Waals surface area contributed by atoms with Crippen LogP contribution < -0.4 is 10.1 Å². The predicted octanol–water partition coefficient (Wildman–Crippen LogP) is 4.39. The lowest BCUT2D eigenvalue weighted by molar-refractivity contribution is -0.116. The van der Waals surface area contributed by atoms with Gasteiger partial charge in [-0.2, -0.15) is 0 Å². The summed E-state index contributed by atoms with van der Waals surface area (Å²) in [5, 5.41) is 3.46. The Bertz CT molecular complexity index is 1060. The van der Waals surface area contributed by atoms with Crippen molar-refractivity contribution in [3.8, 4) is 5.75 Å². The minimum absolute atomic E-state index is 0.0157. The summed E-state index contributed by atoms with van der Waals surface area (Å²) in [4.78, 5) is 26.2. The molecule has 0 amide bonds. The normalized spacial score (nSPS) is 20.5. The fraction of sp³-hybridized carbons (Fsp3) is 0.250. The van der Waals surface area contributed by atoms with Crippen molar-refractivity contribution in [3.63, 3.8) is 0 Å². The van der Waals surface area contributed by atoms with E-state index in [1.165, 1.54) is 0 Å². The van der Waals surface area contributed by atoms with Gasteiger partial charge in [-0.1, -0.05) is 36.4 Å². The quantitative estimate of drug-likeness (QED) is 0.870. The molecule has 0 saturated carbocycles. The van der Waals surface area contributed by atoms with Crippen LogP contribution in [0.25, 0.3) is 5.70 Å². The van der Waals surface area contributed by atoms with E-state index in [2.05, 4.69) is 5.32 Å². The van der Waals surface area contributed by atoms with Gasteiger partial charge in [-0.05, 0) is 37.5 Å². The minimum atomic E-state index is -0.324. The summed E-state index contributed by atoms with van der Waals surface area (Å²) < 4.78 is 5.56. The Morgan fingerprint density at radius 2 is 1.71 bits per heavy atom. The summed E-state index contributed by atoms with van der Waals surface area (Å²) in [5.41, 5.74) is 5.90. The highest BCUT2D eigenvalue weighted by Crippen LogP contribution is 2.48. The summed E-state index contributed by atoms with van der Waals surface area (Å²) in [6, 6.07) is 15.5. The lowest BCUT2D eigenvalue weighted by atomic mass is 9.75. The number of benzene rings is 2. The van der Waals surface area contributed by atoms with Crippen molar-refractivity contribution in [3.05, 3.63) is 82.1 Å². The summed E-state index contributed by atoms with van der Waals surface area (Å²) in [6.45, 7) is 2.55. The van der Waals surface area contributed by atoms with Gasteiger partial charge in [0.2, 0.25) is 0 Å². The van der Waals surface area contributed by atoms with Crippen LogP contribution in [-0.4, -0.2) is 18.2 Å². The lowest BCUT2D eigenvalue weighted by Gasteiger charge is -2.33. The number of carbonyl (C=O) groups excluding carboxylic acids is 2. The monoisotopic (exact) mass is 371 g/mol. The van der Waals surface area contributed by atoms with Crippen LogP contribution in [0.4, 0.5) is 0 Å². The third kappa shape index (κ3) is 2.44. The van der Waals surface area contributed by atoms with Crippen LogP contribution in [0.15, 0.2) is 65.4 Å². The van der Waals surface area contributed by atoms with Gasteiger partial charge < -0.3 is 10.1 Å². The van der Waals surface area contributed by atoms with Crippen molar-refractivity contribution >= 4 is 17.3 Å². The second-order valence-corrected chi connectivity index (χ2v) is 7.39. The van der Waals surface area contributed by atoms with Gasteiger partial charge in [-0.15, -0.1) is 0 Å². The summed E-state index contributed by atoms with van der Waals surface area (Å²) >= 11 is 0. The van der Waals surface area contributed by atoms with E-state index in [-0.39, 0.29) is 17.5 Å². The molecule has 28 heavy (non-hydrogen) atoms. The molecule has 1 heterocycles. The molecule has 0 fully saturated rings. The van der Waals surface area contributed by atoms with Gasteiger partial charge in [-0.3, -0.25) is 9.59 Å². The van der Waals surface area contributed by atoms with E-state index in [4.69, 9.17) is 4.74 Å². The molecule has 3 aliphatic rings. The average Bonchev–Trinajstić information content (AvgIpc) is 3.00. The number of allylic oxidation sites excluding steroid dienone is 3. The second kappa shape index (κ2) is 6.48. The SMILES string of the molecule is CCOc1ccc([C@@H]2C3=C(CCCC3=O)NC3=C2C(=O)c2ccccc23)cc1. The van der Waals surface area contributed by atoms with Gasteiger partial charge in [0.25, 0.3) is 0 Å². The first kappa shape index (κ1) is 17.0. The van der Waals surface area contributed by atoms with Gasteiger partial charge in [-0.25, -0.2) is 0 Å². The number of fused-ring (bicyclic) bond motifs is 2. The van der Waals surface area contributed by atoms with Crippen LogP contribution in [-0.2, 0) is 4.79 Å². The molecule has 5 rings (SSSR count). The molecule has 2 aromatic rings. The number of ketones is 2. The molecule has 4 heteroatoms. The zero-order valence-corrected chi connectivity index (χ0v) is 15.7. The molecule has 2 aromatic carbocycles. The van der Waals surface area contributed by atoms with Gasteiger partial charge >= 0.3 is 0 Å². The molecule has 0 aromatic heterocycles. The van der Waals surface area contributed by atoms with Crippen LogP contribution in [0, 0.1) is 0 Å². The molecular weight excluding hydrogens is 350 g/mol. The number of hydrogen-bond donors (Lipinski definition) is 1. The standard InChI is InChI=1S/C24H21NO3/c1-2-28-15-12-10-14(11-13-15)20-21-18(8-5-9-19(21)26)25-23-16-6-3-4-7-17(16)24(27)22(20)23/h3-4,6-7,10-13,20,25H,2,5,8-9H2,1H3/t20-/m1/s1. The maximum Gasteiger partial charge on any atom is 0.192 e.